The molecule has 88 valence electrons. The number of ether oxygens (including phenoxy) is 1. The largest absolute Gasteiger partial charge is 0.488 e. The average molecular weight is 240 g/mol. The van der Waals surface area contributed by atoms with Crippen molar-refractivity contribution in [3.8, 4) is 5.75 Å². The number of benzene rings is 1. The van der Waals surface area contributed by atoms with Crippen molar-refractivity contribution in [3.63, 3.8) is 0 Å². The van der Waals surface area contributed by atoms with Gasteiger partial charge in [0.05, 0.1) is 5.02 Å². The van der Waals surface area contributed by atoms with E-state index in [0.29, 0.717) is 18.2 Å². The molecule has 0 amide bonds. The summed E-state index contributed by atoms with van der Waals surface area (Å²) < 4.78 is 5.54. The molecule has 0 atom stereocenters. The topological polar surface area (TPSA) is 35.2 Å². The predicted molar refractivity (Wildman–Crippen MR) is 69.1 cm³/mol. The number of hydrogen-bond donors (Lipinski definition) is 1. The second kappa shape index (κ2) is 6.56. The summed E-state index contributed by atoms with van der Waals surface area (Å²) in [5.74, 6) is 0.722. The van der Waals surface area contributed by atoms with Crippen LogP contribution in [0.5, 0.6) is 5.75 Å². The van der Waals surface area contributed by atoms with E-state index < -0.39 is 0 Å². The number of nitrogens with two attached hydrogens (primary N) is 1. The van der Waals surface area contributed by atoms with Crippen LogP contribution in [0, 0.1) is 0 Å². The summed E-state index contributed by atoms with van der Waals surface area (Å²) in [5, 5.41) is 0.646. The molecule has 0 unspecified atom stereocenters. The lowest BCUT2D eigenvalue weighted by molar-refractivity contribution is 0.362. The predicted octanol–water partition coefficient (Wildman–Crippen LogP) is 3.19. The average Bonchev–Trinajstić information content (AvgIpc) is 2.21. The van der Waals surface area contributed by atoms with Crippen molar-refractivity contribution in [2.24, 2.45) is 5.73 Å². The summed E-state index contributed by atoms with van der Waals surface area (Å²) in [7, 11) is 0. The number of halogens is 1. The summed E-state index contributed by atoms with van der Waals surface area (Å²) in [4.78, 5) is 0. The Morgan fingerprint density at radius 1 is 1.44 bits per heavy atom. The maximum absolute atomic E-state index is 6.09. The van der Waals surface area contributed by atoms with E-state index in [1.54, 1.807) is 0 Å². The van der Waals surface area contributed by atoms with E-state index in [1.165, 1.54) is 5.57 Å². The van der Waals surface area contributed by atoms with Crippen LogP contribution in [0.3, 0.4) is 0 Å². The molecule has 0 heterocycles. The van der Waals surface area contributed by atoms with Gasteiger partial charge in [0.25, 0.3) is 0 Å². The Morgan fingerprint density at radius 3 is 2.75 bits per heavy atom. The summed E-state index contributed by atoms with van der Waals surface area (Å²) in [6, 6.07) is 5.80. The lowest BCUT2D eigenvalue weighted by Crippen LogP contribution is -2.03. The first-order valence-corrected chi connectivity index (χ1v) is 5.76. The second-order valence-corrected chi connectivity index (χ2v) is 4.30. The van der Waals surface area contributed by atoms with Gasteiger partial charge < -0.3 is 10.5 Å². The van der Waals surface area contributed by atoms with Gasteiger partial charge in [0.1, 0.15) is 12.4 Å². The van der Waals surface area contributed by atoms with Crippen LogP contribution < -0.4 is 10.5 Å². The van der Waals surface area contributed by atoms with Crippen molar-refractivity contribution >= 4 is 11.6 Å². The summed E-state index contributed by atoms with van der Waals surface area (Å²) in [5.41, 5.74) is 7.85. The molecular weight excluding hydrogens is 222 g/mol. The third-order valence-electron chi connectivity index (χ3n) is 2.16. The monoisotopic (exact) mass is 239 g/mol. The Kier molecular flexibility index (Phi) is 5.36. The van der Waals surface area contributed by atoms with E-state index in [4.69, 9.17) is 22.1 Å². The molecule has 0 aliphatic rings. The zero-order chi connectivity index (χ0) is 12.0. The van der Waals surface area contributed by atoms with E-state index >= 15 is 0 Å². The van der Waals surface area contributed by atoms with E-state index in [2.05, 4.69) is 0 Å². The summed E-state index contributed by atoms with van der Waals surface area (Å²) in [6.45, 7) is 5.26. The molecule has 1 rings (SSSR count). The van der Waals surface area contributed by atoms with Gasteiger partial charge in [-0.15, -0.1) is 0 Å². The Morgan fingerprint density at radius 2 is 2.19 bits per heavy atom. The minimum Gasteiger partial charge on any atom is -0.488 e. The molecule has 0 spiro atoms. The second-order valence-electron chi connectivity index (χ2n) is 3.90. The zero-order valence-electron chi connectivity index (χ0n) is 9.79. The van der Waals surface area contributed by atoms with Crippen LogP contribution >= 0.6 is 11.6 Å². The van der Waals surface area contributed by atoms with Gasteiger partial charge in [-0.2, -0.15) is 0 Å². The molecule has 0 saturated heterocycles. The molecule has 2 N–H and O–H groups in total. The fourth-order valence-electron chi connectivity index (χ4n) is 1.28. The SMILES string of the molecule is CC(C)=CCOc1ccc(CCN)cc1Cl. The minimum atomic E-state index is 0.554. The van der Waals surface area contributed by atoms with E-state index in [-0.39, 0.29) is 0 Å². The molecule has 0 radical (unpaired) electrons. The van der Waals surface area contributed by atoms with Gasteiger partial charge in [-0.1, -0.05) is 23.2 Å². The van der Waals surface area contributed by atoms with Crippen molar-refractivity contribution in [3.05, 3.63) is 40.4 Å². The maximum atomic E-state index is 6.09. The summed E-state index contributed by atoms with van der Waals surface area (Å²) >= 11 is 6.09. The first kappa shape index (κ1) is 13.1. The van der Waals surface area contributed by atoms with Crippen LogP contribution in [-0.2, 0) is 6.42 Å². The lowest BCUT2D eigenvalue weighted by atomic mass is 10.1. The van der Waals surface area contributed by atoms with Gasteiger partial charge in [-0.3, -0.25) is 0 Å². The smallest absolute Gasteiger partial charge is 0.138 e. The Bertz CT molecular complexity index is 370. The van der Waals surface area contributed by atoms with Gasteiger partial charge in [0.2, 0.25) is 0 Å². The molecule has 0 aliphatic heterocycles. The first-order valence-electron chi connectivity index (χ1n) is 5.38. The molecule has 0 fully saturated rings. The van der Waals surface area contributed by atoms with Crippen molar-refractivity contribution in [2.45, 2.75) is 20.3 Å². The zero-order valence-corrected chi connectivity index (χ0v) is 10.6. The molecule has 0 aromatic heterocycles. The van der Waals surface area contributed by atoms with Crippen molar-refractivity contribution in [1.82, 2.24) is 0 Å². The highest BCUT2D eigenvalue weighted by atomic mass is 35.5. The molecule has 1 aromatic rings. The highest BCUT2D eigenvalue weighted by molar-refractivity contribution is 6.32. The molecule has 0 aliphatic carbocycles. The molecule has 0 saturated carbocycles. The third kappa shape index (κ3) is 4.25. The minimum absolute atomic E-state index is 0.554. The van der Waals surface area contributed by atoms with Crippen molar-refractivity contribution < 1.29 is 4.74 Å². The van der Waals surface area contributed by atoms with Gasteiger partial charge in [0.15, 0.2) is 0 Å². The normalized spacial score (nSPS) is 10.0. The van der Waals surface area contributed by atoms with E-state index in [1.807, 2.05) is 38.1 Å². The molecule has 1 aromatic carbocycles. The van der Waals surface area contributed by atoms with Gasteiger partial charge in [0, 0.05) is 0 Å². The first-order chi connectivity index (χ1) is 7.63. The number of allylic oxidation sites excluding steroid dienone is 1. The quantitative estimate of drug-likeness (QED) is 0.801. The van der Waals surface area contributed by atoms with E-state index in [9.17, 15) is 0 Å². The Labute approximate surface area is 102 Å². The fraction of sp³-hybridized carbons (Fsp3) is 0.385. The number of hydrogen-bond acceptors (Lipinski definition) is 2. The molecule has 3 heteroatoms. The highest BCUT2D eigenvalue weighted by Gasteiger charge is 2.02. The Balaban J connectivity index is 2.64. The van der Waals surface area contributed by atoms with Crippen LogP contribution in [0.25, 0.3) is 0 Å². The lowest BCUT2D eigenvalue weighted by Gasteiger charge is -2.07. The van der Waals surface area contributed by atoms with Crippen LogP contribution in [0.2, 0.25) is 5.02 Å². The standard InChI is InChI=1S/C13H18ClNO/c1-10(2)6-8-16-13-4-3-11(5-7-15)9-12(13)14/h3-4,6,9H,5,7-8,15H2,1-2H3. The van der Waals surface area contributed by atoms with Gasteiger partial charge in [-0.25, -0.2) is 0 Å². The van der Waals surface area contributed by atoms with Crippen molar-refractivity contribution in [2.75, 3.05) is 13.2 Å². The third-order valence-corrected chi connectivity index (χ3v) is 2.46. The molecule has 2 nitrogen and oxygen atoms in total. The fourth-order valence-corrected chi connectivity index (χ4v) is 1.54. The van der Waals surface area contributed by atoms with Crippen LogP contribution in [-0.4, -0.2) is 13.2 Å². The van der Waals surface area contributed by atoms with Crippen molar-refractivity contribution in [1.29, 1.82) is 0 Å². The number of rotatable bonds is 5. The van der Waals surface area contributed by atoms with Crippen LogP contribution in [0.15, 0.2) is 29.8 Å². The molecule has 0 bridgehead atoms. The van der Waals surface area contributed by atoms with Gasteiger partial charge in [-0.05, 0) is 50.6 Å². The highest BCUT2D eigenvalue weighted by Crippen LogP contribution is 2.25. The van der Waals surface area contributed by atoms with Crippen LogP contribution in [0.1, 0.15) is 19.4 Å². The van der Waals surface area contributed by atoms with E-state index in [0.717, 1.165) is 17.7 Å². The Hall–Kier alpha value is -0.990. The van der Waals surface area contributed by atoms with Gasteiger partial charge >= 0.3 is 0 Å². The maximum Gasteiger partial charge on any atom is 0.138 e. The van der Waals surface area contributed by atoms with Crippen LogP contribution in [0.4, 0.5) is 0 Å². The molecular formula is C13H18ClNO. The summed E-state index contributed by atoms with van der Waals surface area (Å²) in [6.07, 6.45) is 2.86. The molecule has 16 heavy (non-hydrogen) atoms.